The number of pyridine rings is 1. The maximum Gasteiger partial charge on any atom is 0.220 e. The fourth-order valence-electron chi connectivity index (χ4n) is 2.06. The molecule has 2 aromatic rings. The molecule has 20 heavy (non-hydrogen) atoms. The molecule has 0 unspecified atom stereocenters. The molecule has 0 spiro atoms. The topological polar surface area (TPSA) is 42.0 Å². The highest BCUT2D eigenvalue weighted by Gasteiger charge is 2.09. The molecule has 1 heterocycles. The fourth-order valence-corrected chi connectivity index (χ4v) is 2.06. The van der Waals surface area contributed by atoms with Crippen molar-refractivity contribution in [1.29, 1.82) is 0 Å². The van der Waals surface area contributed by atoms with Crippen LogP contribution in [0.3, 0.4) is 0 Å². The van der Waals surface area contributed by atoms with Crippen molar-refractivity contribution in [2.24, 2.45) is 0 Å². The predicted molar refractivity (Wildman–Crippen MR) is 80.3 cm³/mol. The third-order valence-corrected chi connectivity index (χ3v) is 3.34. The average Bonchev–Trinajstić information content (AvgIpc) is 2.47. The van der Waals surface area contributed by atoms with E-state index in [9.17, 15) is 4.79 Å². The highest BCUT2D eigenvalue weighted by atomic mass is 16.1. The Morgan fingerprint density at radius 2 is 1.80 bits per heavy atom. The van der Waals surface area contributed by atoms with Crippen LogP contribution in [-0.4, -0.2) is 10.9 Å². The molecule has 0 saturated carbocycles. The molecule has 0 aliphatic carbocycles. The van der Waals surface area contributed by atoms with Gasteiger partial charge in [0.05, 0.1) is 6.04 Å². The summed E-state index contributed by atoms with van der Waals surface area (Å²) >= 11 is 0. The third kappa shape index (κ3) is 4.19. The van der Waals surface area contributed by atoms with Crippen molar-refractivity contribution < 1.29 is 4.79 Å². The molecule has 0 aliphatic rings. The number of benzene rings is 1. The maximum absolute atomic E-state index is 11.9. The lowest BCUT2D eigenvalue weighted by molar-refractivity contribution is -0.121. The van der Waals surface area contributed by atoms with Gasteiger partial charge in [0.1, 0.15) is 0 Å². The summed E-state index contributed by atoms with van der Waals surface area (Å²) in [6, 6.07) is 12.2. The van der Waals surface area contributed by atoms with E-state index in [-0.39, 0.29) is 11.9 Å². The van der Waals surface area contributed by atoms with E-state index in [1.165, 1.54) is 11.1 Å². The third-order valence-electron chi connectivity index (χ3n) is 3.34. The van der Waals surface area contributed by atoms with Gasteiger partial charge in [0.15, 0.2) is 0 Å². The van der Waals surface area contributed by atoms with Crippen molar-refractivity contribution in [3.8, 4) is 0 Å². The van der Waals surface area contributed by atoms with Crippen LogP contribution >= 0.6 is 0 Å². The van der Waals surface area contributed by atoms with Gasteiger partial charge in [-0.15, -0.1) is 0 Å². The number of aromatic nitrogens is 1. The van der Waals surface area contributed by atoms with Crippen molar-refractivity contribution in [1.82, 2.24) is 10.3 Å². The molecule has 1 aromatic carbocycles. The van der Waals surface area contributed by atoms with Crippen LogP contribution in [-0.2, 0) is 11.2 Å². The molecule has 3 nitrogen and oxygen atoms in total. The Balaban J connectivity index is 1.82. The fraction of sp³-hybridized carbons (Fsp3) is 0.294. The summed E-state index contributed by atoms with van der Waals surface area (Å²) in [5.41, 5.74) is 3.51. The Bertz CT molecular complexity index is 549. The molecule has 0 aliphatic heterocycles. The van der Waals surface area contributed by atoms with Crippen LogP contribution in [0, 0.1) is 6.92 Å². The first-order chi connectivity index (χ1) is 9.65. The number of carbonyl (C=O) groups excluding carboxylic acids is 1. The number of amides is 1. The normalized spacial score (nSPS) is 11.9. The molecule has 0 fully saturated rings. The van der Waals surface area contributed by atoms with Gasteiger partial charge in [-0.3, -0.25) is 9.78 Å². The van der Waals surface area contributed by atoms with E-state index in [2.05, 4.69) is 41.5 Å². The average molecular weight is 268 g/mol. The maximum atomic E-state index is 11.9. The SMILES string of the molecule is Cc1ccc(CCC(=O)N[C@H](C)c2ccncc2)cc1. The zero-order chi connectivity index (χ0) is 14.4. The Morgan fingerprint density at radius 3 is 2.45 bits per heavy atom. The highest BCUT2D eigenvalue weighted by Crippen LogP contribution is 2.11. The van der Waals surface area contributed by atoms with E-state index >= 15 is 0 Å². The smallest absolute Gasteiger partial charge is 0.220 e. The molecule has 2 rings (SSSR count). The molecular formula is C17H20N2O. The van der Waals surface area contributed by atoms with E-state index in [4.69, 9.17) is 0 Å². The molecule has 1 N–H and O–H groups in total. The second kappa shape index (κ2) is 6.85. The van der Waals surface area contributed by atoms with Crippen LogP contribution in [0.4, 0.5) is 0 Å². The predicted octanol–water partition coefficient (Wildman–Crippen LogP) is 3.20. The van der Waals surface area contributed by atoms with E-state index < -0.39 is 0 Å². The van der Waals surface area contributed by atoms with E-state index in [1.54, 1.807) is 12.4 Å². The first-order valence-corrected chi connectivity index (χ1v) is 6.90. The summed E-state index contributed by atoms with van der Waals surface area (Å²) in [7, 11) is 0. The lowest BCUT2D eigenvalue weighted by atomic mass is 10.1. The Kier molecular flexibility index (Phi) is 4.88. The van der Waals surface area contributed by atoms with Crippen LogP contribution in [0.15, 0.2) is 48.8 Å². The molecule has 1 amide bonds. The zero-order valence-corrected chi connectivity index (χ0v) is 12.0. The van der Waals surface area contributed by atoms with Gasteiger partial charge >= 0.3 is 0 Å². The molecule has 0 saturated heterocycles. The van der Waals surface area contributed by atoms with Crippen molar-refractivity contribution in [2.75, 3.05) is 0 Å². The molecule has 1 aromatic heterocycles. The quantitative estimate of drug-likeness (QED) is 0.904. The van der Waals surface area contributed by atoms with Gasteiger partial charge < -0.3 is 5.32 Å². The Hall–Kier alpha value is -2.16. The number of nitrogens with one attached hydrogen (secondary N) is 1. The van der Waals surface area contributed by atoms with Crippen LogP contribution in [0.5, 0.6) is 0 Å². The minimum atomic E-state index is 0.0171. The van der Waals surface area contributed by atoms with Gasteiger partial charge in [0.25, 0.3) is 0 Å². The monoisotopic (exact) mass is 268 g/mol. The second-order valence-corrected chi connectivity index (χ2v) is 5.06. The first-order valence-electron chi connectivity index (χ1n) is 6.90. The molecule has 104 valence electrons. The summed E-state index contributed by atoms with van der Waals surface area (Å²) < 4.78 is 0. The van der Waals surface area contributed by atoms with Gasteiger partial charge in [-0.05, 0) is 43.5 Å². The molecule has 0 bridgehead atoms. The summed E-state index contributed by atoms with van der Waals surface area (Å²) in [5, 5.41) is 3.01. The molecule has 0 radical (unpaired) electrons. The minimum Gasteiger partial charge on any atom is -0.350 e. The summed E-state index contributed by atoms with van der Waals surface area (Å²) in [4.78, 5) is 15.9. The summed E-state index contributed by atoms with van der Waals surface area (Å²) in [6.07, 6.45) is 4.77. The van der Waals surface area contributed by atoms with Crippen LogP contribution in [0.2, 0.25) is 0 Å². The van der Waals surface area contributed by atoms with Gasteiger partial charge in [0.2, 0.25) is 5.91 Å². The van der Waals surface area contributed by atoms with Gasteiger partial charge in [-0.2, -0.15) is 0 Å². The molecular weight excluding hydrogens is 248 g/mol. The number of nitrogens with zero attached hydrogens (tertiary/aromatic N) is 1. The van der Waals surface area contributed by atoms with Crippen molar-refractivity contribution in [3.63, 3.8) is 0 Å². The molecule has 3 heteroatoms. The Morgan fingerprint density at radius 1 is 1.15 bits per heavy atom. The first kappa shape index (κ1) is 14.3. The van der Waals surface area contributed by atoms with Gasteiger partial charge in [0, 0.05) is 18.8 Å². The van der Waals surface area contributed by atoms with Crippen LogP contribution in [0.25, 0.3) is 0 Å². The lowest BCUT2D eigenvalue weighted by Crippen LogP contribution is -2.26. The largest absolute Gasteiger partial charge is 0.350 e. The number of hydrogen-bond donors (Lipinski definition) is 1. The minimum absolute atomic E-state index is 0.0171. The van der Waals surface area contributed by atoms with E-state index in [0.717, 1.165) is 12.0 Å². The summed E-state index contributed by atoms with van der Waals surface area (Å²) in [5.74, 6) is 0.0786. The zero-order valence-electron chi connectivity index (χ0n) is 12.0. The van der Waals surface area contributed by atoms with Gasteiger partial charge in [-0.1, -0.05) is 29.8 Å². The number of rotatable bonds is 5. The molecule has 1 atom stereocenters. The number of aryl methyl sites for hydroxylation is 2. The highest BCUT2D eigenvalue weighted by molar-refractivity contribution is 5.76. The van der Waals surface area contributed by atoms with Gasteiger partial charge in [-0.25, -0.2) is 0 Å². The number of hydrogen-bond acceptors (Lipinski definition) is 2. The van der Waals surface area contributed by atoms with Crippen LogP contribution in [0.1, 0.15) is 36.1 Å². The van der Waals surface area contributed by atoms with Crippen LogP contribution < -0.4 is 5.32 Å². The van der Waals surface area contributed by atoms with Crippen molar-refractivity contribution >= 4 is 5.91 Å². The Labute approximate surface area is 120 Å². The van der Waals surface area contributed by atoms with E-state index in [0.29, 0.717) is 6.42 Å². The number of carbonyl (C=O) groups is 1. The van der Waals surface area contributed by atoms with E-state index in [1.807, 2.05) is 19.1 Å². The van der Waals surface area contributed by atoms with Crippen molar-refractivity contribution in [3.05, 3.63) is 65.5 Å². The lowest BCUT2D eigenvalue weighted by Gasteiger charge is -2.14. The second-order valence-electron chi connectivity index (χ2n) is 5.06. The summed E-state index contributed by atoms with van der Waals surface area (Å²) in [6.45, 7) is 4.05. The van der Waals surface area contributed by atoms with Crippen molar-refractivity contribution in [2.45, 2.75) is 32.7 Å². The standard InChI is InChI=1S/C17H20N2O/c1-13-3-5-15(6-4-13)7-8-17(20)19-14(2)16-9-11-18-12-10-16/h3-6,9-12,14H,7-8H2,1-2H3,(H,19,20)/t14-/m1/s1.